The summed E-state index contributed by atoms with van der Waals surface area (Å²) < 4.78 is 5.06. The topological polar surface area (TPSA) is 25.2 Å². The Hall–Kier alpha value is -1.54. The molecule has 0 saturated carbocycles. The molecule has 0 spiro atoms. The molecule has 0 saturated heterocycles. The van der Waals surface area contributed by atoms with Crippen molar-refractivity contribution in [3.8, 4) is 0 Å². The van der Waals surface area contributed by atoms with Crippen LogP contribution in [0.5, 0.6) is 0 Å². The number of hydrogen-bond donors (Lipinski definition) is 1. The zero-order valence-electron chi connectivity index (χ0n) is 10.4. The lowest BCUT2D eigenvalue weighted by Crippen LogP contribution is -2.19. The smallest absolute Gasteiger partial charge is 0.0947 e. The standard InChI is InChI=1S/C15H19NO/c1-3-15(14-6-4-12(2)5-7-14)16-10-13-8-9-17-11-13/h4-9,11,15-16H,3,10H2,1-2H3. The van der Waals surface area contributed by atoms with E-state index < -0.39 is 0 Å². The van der Waals surface area contributed by atoms with Gasteiger partial charge in [0.05, 0.1) is 12.5 Å². The van der Waals surface area contributed by atoms with Crippen LogP contribution in [0.1, 0.15) is 36.1 Å². The third-order valence-corrected chi connectivity index (χ3v) is 3.02. The molecule has 1 N–H and O–H groups in total. The highest BCUT2D eigenvalue weighted by molar-refractivity contribution is 5.24. The van der Waals surface area contributed by atoms with Crippen LogP contribution in [-0.2, 0) is 6.54 Å². The molecular formula is C15H19NO. The Morgan fingerprint density at radius 1 is 1.18 bits per heavy atom. The van der Waals surface area contributed by atoms with Crippen molar-refractivity contribution in [2.24, 2.45) is 0 Å². The molecule has 0 aliphatic carbocycles. The van der Waals surface area contributed by atoms with E-state index in [9.17, 15) is 0 Å². The number of rotatable bonds is 5. The van der Waals surface area contributed by atoms with Crippen molar-refractivity contribution in [1.29, 1.82) is 0 Å². The molecule has 1 aromatic carbocycles. The average molecular weight is 229 g/mol. The van der Waals surface area contributed by atoms with E-state index in [0.717, 1.165) is 13.0 Å². The number of hydrogen-bond acceptors (Lipinski definition) is 2. The van der Waals surface area contributed by atoms with E-state index in [1.165, 1.54) is 16.7 Å². The molecule has 17 heavy (non-hydrogen) atoms. The molecule has 90 valence electrons. The summed E-state index contributed by atoms with van der Waals surface area (Å²) in [5, 5.41) is 3.55. The summed E-state index contributed by atoms with van der Waals surface area (Å²) in [4.78, 5) is 0. The van der Waals surface area contributed by atoms with Gasteiger partial charge in [-0.3, -0.25) is 0 Å². The van der Waals surface area contributed by atoms with Crippen molar-refractivity contribution >= 4 is 0 Å². The Labute approximate surface area is 103 Å². The van der Waals surface area contributed by atoms with Crippen LogP contribution in [0.3, 0.4) is 0 Å². The van der Waals surface area contributed by atoms with Crippen molar-refractivity contribution in [1.82, 2.24) is 5.32 Å². The van der Waals surface area contributed by atoms with Gasteiger partial charge in [0.25, 0.3) is 0 Å². The van der Waals surface area contributed by atoms with Crippen molar-refractivity contribution in [3.63, 3.8) is 0 Å². The average Bonchev–Trinajstić information content (AvgIpc) is 2.85. The van der Waals surface area contributed by atoms with Crippen molar-refractivity contribution in [3.05, 3.63) is 59.5 Å². The fourth-order valence-corrected chi connectivity index (χ4v) is 1.93. The zero-order valence-corrected chi connectivity index (χ0v) is 10.4. The monoisotopic (exact) mass is 229 g/mol. The third-order valence-electron chi connectivity index (χ3n) is 3.02. The van der Waals surface area contributed by atoms with Gasteiger partial charge in [-0.1, -0.05) is 36.8 Å². The van der Waals surface area contributed by atoms with Gasteiger partial charge in [0.15, 0.2) is 0 Å². The summed E-state index contributed by atoms with van der Waals surface area (Å²) in [6.45, 7) is 5.17. The van der Waals surface area contributed by atoms with Gasteiger partial charge < -0.3 is 9.73 Å². The first-order valence-corrected chi connectivity index (χ1v) is 6.10. The molecule has 1 heterocycles. The van der Waals surface area contributed by atoms with Crippen molar-refractivity contribution in [2.75, 3.05) is 0 Å². The summed E-state index contributed by atoms with van der Waals surface area (Å²) in [6.07, 6.45) is 4.58. The second kappa shape index (κ2) is 5.69. The van der Waals surface area contributed by atoms with Gasteiger partial charge in [-0.15, -0.1) is 0 Å². The molecule has 1 unspecified atom stereocenters. The minimum atomic E-state index is 0.408. The van der Waals surface area contributed by atoms with Crippen LogP contribution in [0.25, 0.3) is 0 Å². The maximum atomic E-state index is 5.06. The molecule has 2 rings (SSSR count). The Morgan fingerprint density at radius 3 is 2.53 bits per heavy atom. The van der Waals surface area contributed by atoms with E-state index in [2.05, 4.69) is 43.4 Å². The normalized spacial score (nSPS) is 12.6. The molecule has 0 radical (unpaired) electrons. The van der Waals surface area contributed by atoms with Gasteiger partial charge in [0, 0.05) is 18.2 Å². The summed E-state index contributed by atoms with van der Waals surface area (Å²) in [5.74, 6) is 0. The molecule has 0 fully saturated rings. The number of benzene rings is 1. The second-order valence-corrected chi connectivity index (χ2v) is 4.38. The molecule has 2 heteroatoms. The Bertz CT molecular complexity index is 430. The molecule has 0 amide bonds. The minimum absolute atomic E-state index is 0.408. The van der Waals surface area contributed by atoms with Gasteiger partial charge >= 0.3 is 0 Å². The highest BCUT2D eigenvalue weighted by Gasteiger charge is 2.08. The molecule has 1 aromatic heterocycles. The van der Waals surface area contributed by atoms with Crippen molar-refractivity contribution < 1.29 is 4.42 Å². The van der Waals surface area contributed by atoms with E-state index >= 15 is 0 Å². The molecule has 0 aliphatic rings. The van der Waals surface area contributed by atoms with E-state index in [4.69, 9.17) is 4.42 Å². The predicted molar refractivity (Wildman–Crippen MR) is 69.8 cm³/mol. The fourth-order valence-electron chi connectivity index (χ4n) is 1.93. The number of furan rings is 1. The largest absolute Gasteiger partial charge is 0.472 e. The molecule has 2 aromatic rings. The SMILES string of the molecule is CCC(NCc1ccoc1)c1ccc(C)cc1. The van der Waals surface area contributed by atoms with E-state index in [1.807, 2.05) is 6.07 Å². The summed E-state index contributed by atoms with van der Waals surface area (Å²) in [7, 11) is 0. The van der Waals surface area contributed by atoms with Crippen LogP contribution in [0.2, 0.25) is 0 Å². The maximum absolute atomic E-state index is 5.06. The molecule has 0 aliphatic heterocycles. The van der Waals surface area contributed by atoms with E-state index in [0.29, 0.717) is 6.04 Å². The Morgan fingerprint density at radius 2 is 1.94 bits per heavy atom. The molecule has 1 atom stereocenters. The van der Waals surface area contributed by atoms with Crippen LogP contribution in [0.4, 0.5) is 0 Å². The van der Waals surface area contributed by atoms with Crippen LogP contribution >= 0.6 is 0 Å². The predicted octanol–water partition coefficient (Wildman–Crippen LogP) is 3.83. The molecular weight excluding hydrogens is 210 g/mol. The first-order chi connectivity index (χ1) is 8.29. The summed E-state index contributed by atoms with van der Waals surface area (Å²) in [6, 6.07) is 11.1. The maximum Gasteiger partial charge on any atom is 0.0947 e. The number of aryl methyl sites for hydroxylation is 1. The lowest BCUT2D eigenvalue weighted by molar-refractivity contribution is 0.512. The van der Waals surface area contributed by atoms with Gasteiger partial charge in [-0.05, 0) is 25.0 Å². The fraction of sp³-hybridized carbons (Fsp3) is 0.333. The second-order valence-electron chi connectivity index (χ2n) is 4.38. The summed E-state index contributed by atoms with van der Waals surface area (Å²) >= 11 is 0. The molecule has 0 bridgehead atoms. The van der Waals surface area contributed by atoms with E-state index in [-0.39, 0.29) is 0 Å². The van der Waals surface area contributed by atoms with Crippen LogP contribution in [0, 0.1) is 6.92 Å². The lowest BCUT2D eigenvalue weighted by Gasteiger charge is -2.17. The highest BCUT2D eigenvalue weighted by atomic mass is 16.3. The minimum Gasteiger partial charge on any atom is -0.472 e. The first kappa shape index (κ1) is 11.9. The quantitative estimate of drug-likeness (QED) is 0.843. The van der Waals surface area contributed by atoms with Crippen LogP contribution < -0.4 is 5.32 Å². The first-order valence-electron chi connectivity index (χ1n) is 6.10. The lowest BCUT2D eigenvalue weighted by atomic mass is 10.0. The summed E-state index contributed by atoms with van der Waals surface area (Å²) in [5.41, 5.74) is 3.84. The number of nitrogens with one attached hydrogen (secondary N) is 1. The third kappa shape index (κ3) is 3.21. The highest BCUT2D eigenvalue weighted by Crippen LogP contribution is 2.17. The Kier molecular flexibility index (Phi) is 3.99. The Balaban J connectivity index is 1.99. The van der Waals surface area contributed by atoms with Crippen molar-refractivity contribution in [2.45, 2.75) is 32.9 Å². The van der Waals surface area contributed by atoms with Crippen LogP contribution in [-0.4, -0.2) is 0 Å². The van der Waals surface area contributed by atoms with Gasteiger partial charge in [-0.2, -0.15) is 0 Å². The van der Waals surface area contributed by atoms with Crippen LogP contribution in [0.15, 0.2) is 47.3 Å². The van der Waals surface area contributed by atoms with Gasteiger partial charge in [0.1, 0.15) is 0 Å². The van der Waals surface area contributed by atoms with Gasteiger partial charge in [0.2, 0.25) is 0 Å². The molecule has 2 nitrogen and oxygen atoms in total. The van der Waals surface area contributed by atoms with E-state index in [1.54, 1.807) is 12.5 Å². The zero-order chi connectivity index (χ0) is 12.1. The van der Waals surface area contributed by atoms with Gasteiger partial charge in [-0.25, -0.2) is 0 Å².